The predicted molar refractivity (Wildman–Crippen MR) is 71.5 cm³/mol. The Bertz CT molecular complexity index is 663. The molecule has 0 spiro atoms. The van der Waals surface area contributed by atoms with Crippen LogP contribution in [-0.2, 0) is 10.0 Å². The summed E-state index contributed by atoms with van der Waals surface area (Å²) < 4.78 is 26.8. The minimum Gasteiger partial charge on any atom is -0.206 e. The van der Waals surface area contributed by atoms with Crippen molar-refractivity contribution < 1.29 is 8.42 Å². The summed E-state index contributed by atoms with van der Waals surface area (Å²) in [6, 6.07) is 3.54. The number of sulfonamides is 1. The van der Waals surface area contributed by atoms with Crippen LogP contribution >= 0.6 is 11.3 Å². The molecule has 0 aromatic carbocycles. The molecule has 102 valence electrons. The van der Waals surface area contributed by atoms with Crippen molar-refractivity contribution in [1.29, 1.82) is 0 Å². The van der Waals surface area contributed by atoms with Crippen LogP contribution in [-0.4, -0.2) is 40.8 Å². The van der Waals surface area contributed by atoms with E-state index in [9.17, 15) is 8.42 Å². The van der Waals surface area contributed by atoms with E-state index in [0.717, 1.165) is 11.3 Å². The molecule has 3 rings (SSSR count). The molecular weight excluding hydrogens is 284 g/mol. The van der Waals surface area contributed by atoms with Gasteiger partial charge in [0.25, 0.3) is 10.0 Å². The lowest BCUT2D eigenvalue weighted by molar-refractivity contribution is 0.403. The van der Waals surface area contributed by atoms with E-state index in [1.54, 1.807) is 23.3 Å². The number of aryl methyl sites for hydroxylation is 1. The highest BCUT2D eigenvalue weighted by Crippen LogP contribution is 2.29. The molecule has 0 saturated carbocycles. The van der Waals surface area contributed by atoms with Crippen LogP contribution in [0.15, 0.2) is 28.7 Å². The second-order valence-electron chi connectivity index (χ2n) is 4.52. The van der Waals surface area contributed by atoms with Gasteiger partial charge in [0.2, 0.25) is 0 Å². The maximum Gasteiger partial charge on any atom is 0.252 e. The molecule has 1 atom stereocenters. The van der Waals surface area contributed by atoms with Crippen LogP contribution in [0.5, 0.6) is 0 Å². The van der Waals surface area contributed by atoms with E-state index in [0.29, 0.717) is 17.3 Å². The van der Waals surface area contributed by atoms with Gasteiger partial charge in [0.1, 0.15) is 4.21 Å². The Labute approximate surface area is 115 Å². The molecule has 0 unspecified atom stereocenters. The lowest BCUT2D eigenvalue weighted by Crippen LogP contribution is -2.29. The van der Waals surface area contributed by atoms with E-state index >= 15 is 0 Å². The average molecular weight is 298 g/mol. The number of hydrogen-bond donors (Lipinski definition) is 0. The average Bonchev–Trinajstić information content (AvgIpc) is 3.10. The Hall–Kier alpha value is -1.25. The molecule has 1 aliphatic heterocycles. The maximum atomic E-state index is 12.4. The van der Waals surface area contributed by atoms with E-state index < -0.39 is 10.0 Å². The SMILES string of the molecule is Cc1ccc(S(=O)(=O)N2CC[C@H](n3nccn3)C2)s1. The Balaban J connectivity index is 1.81. The molecule has 0 aliphatic carbocycles. The zero-order chi connectivity index (χ0) is 13.5. The fourth-order valence-electron chi connectivity index (χ4n) is 2.21. The quantitative estimate of drug-likeness (QED) is 0.856. The first kappa shape index (κ1) is 12.8. The number of thiophene rings is 1. The van der Waals surface area contributed by atoms with Crippen LogP contribution in [0.2, 0.25) is 0 Å². The van der Waals surface area contributed by atoms with Gasteiger partial charge >= 0.3 is 0 Å². The zero-order valence-electron chi connectivity index (χ0n) is 10.4. The molecule has 8 heteroatoms. The molecule has 6 nitrogen and oxygen atoms in total. The molecule has 2 aromatic heterocycles. The Morgan fingerprint density at radius 3 is 2.68 bits per heavy atom. The predicted octanol–water partition coefficient (Wildman–Crippen LogP) is 1.28. The van der Waals surface area contributed by atoms with Gasteiger partial charge in [0, 0.05) is 18.0 Å². The number of rotatable bonds is 3. The van der Waals surface area contributed by atoms with Crippen molar-refractivity contribution >= 4 is 21.4 Å². The third-order valence-corrected chi connectivity index (χ3v) is 6.53. The van der Waals surface area contributed by atoms with Crippen molar-refractivity contribution in [2.24, 2.45) is 0 Å². The summed E-state index contributed by atoms with van der Waals surface area (Å²) in [6.07, 6.45) is 3.97. The first-order valence-electron chi connectivity index (χ1n) is 6.00. The largest absolute Gasteiger partial charge is 0.252 e. The van der Waals surface area contributed by atoms with Crippen LogP contribution in [0.1, 0.15) is 17.3 Å². The Morgan fingerprint density at radius 1 is 1.32 bits per heavy atom. The Morgan fingerprint density at radius 2 is 2.05 bits per heavy atom. The monoisotopic (exact) mass is 298 g/mol. The minimum absolute atomic E-state index is 0.0332. The van der Waals surface area contributed by atoms with Crippen LogP contribution in [0.25, 0.3) is 0 Å². The highest BCUT2D eigenvalue weighted by Gasteiger charge is 2.34. The zero-order valence-corrected chi connectivity index (χ0v) is 12.1. The van der Waals surface area contributed by atoms with Crippen molar-refractivity contribution in [3.63, 3.8) is 0 Å². The first-order valence-corrected chi connectivity index (χ1v) is 8.25. The molecule has 1 fully saturated rings. The highest BCUT2D eigenvalue weighted by molar-refractivity contribution is 7.91. The molecule has 0 N–H and O–H groups in total. The summed E-state index contributed by atoms with van der Waals surface area (Å²) in [6.45, 7) is 2.86. The first-order chi connectivity index (χ1) is 9.07. The fourth-order valence-corrected chi connectivity index (χ4v) is 5.14. The van der Waals surface area contributed by atoms with Crippen molar-refractivity contribution in [1.82, 2.24) is 19.3 Å². The number of aromatic nitrogens is 3. The second kappa shape index (κ2) is 4.69. The third kappa shape index (κ3) is 2.31. The summed E-state index contributed by atoms with van der Waals surface area (Å²) in [4.78, 5) is 2.60. The smallest absolute Gasteiger partial charge is 0.206 e. The van der Waals surface area contributed by atoms with E-state index in [1.807, 2.05) is 13.0 Å². The van der Waals surface area contributed by atoms with Gasteiger partial charge in [-0.1, -0.05) is 0 Å². The maximum absolute atomic E-state index is 12.4. The highest BCUT2D eigenvalue weighted by atomic mass is 32.2. The molecular formula is C11H14N4O2S2. The summed E-state index contributed by atoms with van der Waals surface area (Å²) in [5, 5.41) is 8.16. The minimum atomic E-state index is -3.36. The molecule has 2 aromatic rings. The van der Waals surface area contributed by atoms with Gasteiger partial charge in [0.15, 0.2) is 0 Å². The third-order valence-electron chi connectivity index (χ3n) is 3.20. The van der Waals surface area contributed by atoms with Crippen molar-refractivity contribution in [2.45, 2.75) is 23.6 Å². The van der Waals surface area contributed by atoms with Crippen molar-refractivity contribution in [2.75, 3.05) is 13.1 Å². The van der Waals surface area contributed by atoms with Crippen LogP contribution in [0.3, 0.4) is 0 Å². The second-order valence-corrected chi connectivity index (χ2v) is 7.97. The molecule has 3 heterocycles. The van der Waals surface area contributed by atoms with Gasteiger partial charge in [-0.2, -0.15) is 19.3 Å². The van der Waals surface area contributed by atoms with E-state index in [1.165, 1.54) is 15.6 Å². The topological polar surface area (TPSA) is 68.1 Å². The molecule has 0 bridgehead atoms. The van der Waals surface area contributed by atoms with Crippen molar-refractivity contribution in [3.8, 4) is 0 Å². The lowest BCUT2D eigenvalue weighted by atomic mass is 10.3. The normalized spacial score (nSPS) is 21.0. The van der Waals surface area contributed by atoms with Gasteiger partial charge < -0.3 is 0 Å². The van der Waals surface area contributed by atoms with Gasteiger partial charge in [-0.3, -0.25) is 0 Å². The summed E-state index contributed by atoms with van der Waals surface area (Å²) in [5.41, 5.74) is 0. The van der Waals surface area contributed by atoms with Gasteiger partial charge in [-0.15, -0.1) is 11.3 Å². The number of nitrogens with zero attached hydrogens (tertiary/aromatic N) is 4. The summed E-state index contributed by atoms with van der Waals surface area (Å²) in [7, 11) is -3.36. The summed E-state index contributed by atoms with van der Waals surface area (Å²) in [5.74, 6) is 0. The van der Waals surface area contributed by atoms with Gasteiger partial charge in [-0.05, 0) is 25.5 Å². The van der Waals surface area contributed by atoms with Gasteiger partial charge in [0.05, 0.1) is 18.4 Å². The van der Waals surface area contributed by atoms with Crippen LogP contribution in [0.4, 0.5) is 0 Å². The standard InChI is InChI=1S/C11H14N4O2S2/c1-9-2-3-11(18-9)19(16,17)14-7-4-10(8-14)15-12-5-6-13-15/h2-3,5-6,10H,4,7-8H2,1H3/t10-/m0/s1. The molecule has 1 aliphatic rings. The van der Waals surface area contributed by atoms with E-state index in [4.69, 9.17) is 0 Å². The Kier molecular flexibility index (Phi) is 3.15. The van der Waals surface area contributed by atoms with E-state index in [2.05, 4.69) is 10.2 Å². The molecule has 0 amide bonds. The number of hydrogen-bond acceptors (Lipinski definition) is 5. The van der Waals surface area contributed by atoms with Crippen molar-refractivity contribution in [3.05, 3.63) is 29.4 Å². The summed E-state index contributed by atoms with van der Waals surface area (Å²) >= 11 is 1.31. The van der Waals surface area contributed by atoms with Crippen LogP contribution in [0, 0.1) is 6.92 Å². The lowest BCUT2D eigenvalue weighted by Gasteiger charge is -2.14. The van der Waals surface area contributed by atoms with Gasteiger partial charge in [-0.25, -0.2) is 8.42 Å². The fraction of sp³-hybridized carbons (Fsp3) is 0.455. The molecule has 1 saturated heterocycles. The van der Waals surface area contributed by atoms with E-state index in [-0.39, 0.29) is 6.04 Å². The van der Waals surface area contributed by atoms with Crippen LogP contribution < -0.4 is 0 Å². The molecule has 19 heavy (non-hydrogen) atoms. The molecule has 0 radical (unpaired) electrons.